The number of H-pyrrole nitrogens is 1. The number of imidazole rings is 1. The molecule has 0 radical (unpaired) electrons. The Morgan fingerprint density at radius 1 is 1.15 bits per heavy atom. The van der Waals surface area contributed by atoms with Crippen molar-refractivity contribution < 1.29 is 4.92 Å². The van der Waals surface area contributed by atoms with Crippen LogP contribution >= 0.6 is 11.6 Å². The summed E-state index contributed by atoms with van der Waals surface area (Å²) in [4.78, 5) is 29.5. The second-order valence-electron chi connectivity index (χ2n) is 7.64. The predicted molar refractivity (Wildman–Crippen MR) is 128 cm³/mol. The summed E-state index contributed by atoms with van der Waals surface area (Å²) in [6.07, 6.45) is 4.16. The number of halogens is 1. The molecule has 0 saturated carbocycles. The topological polar surface area (TPSA) is 113 Å². The summed E-state index contributed by atoms with van der Waals surface area (Å²) in [5.41, 5.74) is 3.89. The maximum atomic E-state index is 12.0. The number of anilines is 2. The molecule has 0 unspecified atom stereocenters. The van der Waals surface area contributed by atoms with E-state index in [9.17, 15) is 10.1 Å². The molecule has 1 aliphatic heterocycles. The number of nitrogens with one attached hydrogen (secondary N) is 2. The fourth-order valence-electron chi connectivity index (χ4n) is 3.94. The summed E-state index contributed by atoms with van der Waals surface area (Å²) in [6, 6.07) is 15.4. The quantitative estimate of drug-likeness (QED) is 0.312. The number of aromatic nitrogens is 4. The minimum atomic E-state index is -0.436. The molecule has 10 heteroatoms. The third-order valence-corrected chi connectivity index (χ3v) is 5.82. The molecule has 1 aliphatic rings. The summed E-state index contributed by atoms with van der Waals surface area (Å²) in [5.74, 6) is 1.13. The van der Waals surface area contributed by atoms with Crippen molar-refractivity contribution in [3.8, 4) is 0 Å². The Morgan fingerprint density at radius 2 is 1.97 bits per heavy atom. The van der Waals surface area contributed by atoms with Crippen molar-refractivity contribution in [1.29, 1.82) is 0 Å². The number of hydrogen-bond acceptors (Lipinski definition) is 7. The molecular weight excluding hydrogens is 442 g/mol. The van der Waals surface area contributed by atoms with Crippen LogP contribution in [-0.2, 0) is 6.54 Å². The zero-order valence-corrected chi connectivity index (χ0v) is 18.3. The van der Waals surface area contributed by atoms with Crippen molar-refractivity contribution in [1.82, 2.24) is 19.9 Å². The normalized spacial score (nSPS) is 13.7. The highest BCUT2D eigenvalue weighted by atomic mass is 35.5. The van der Waals surface area contributed by atoms with Gasteiger partial charge >= 0.3 is 5.69 Å². The van der Waals surface area contributed by atoms with E-state index in [-0.39, 0.29) is 18.1 Å². The zero-order chi connectivity index (χ0) is 22.8. The molecule has 0 amide bonds. The van der Waals surface area contributed by atoms with Crippen LogP contribution in [0.25, 0.3) is 16.6 Å². The summed E-state index contributed by atoms with van der Waals surface area (Å²) in [7, 11) is 0. The molecular formula is C23H20ClN7O2. The smallest absolute Gasteiger partial charge is 0.353 e. The first kappa shape index (κ1) is 20.9. The van der Waals surface area contributed by atoms with Gasteiger partial charge in [-0.25, -0.2) is 15.0 Å². The lowest BCUT2D eigenvalue weighted by atomic mass is 9.99. The maximum absolute atomic E-state index is 12.0. The van der Waals surface area contributed by atoms with Gasteiger partial charge < -0.3 is 15.2 Å². The summed E-state index contributed by atoms with van der Waals surface area (Å²) in [5, 5.41) is 15.7. The standard InChI is InChI=1S/C23H20ClN7O2/c24-17-7-5-15(6-8-17)16-9-11-30(12-10-16)23-21(31(32)33)22(26-14-27-23)25-13-20-28-18-3-1-2-4-19(18)29-20/h1-9,14H,10-13H2,(H,28,29)(H,25,26,27). The number of benzene rings is 2. The van der Waals surface area contributed by atoms with Crippen LogP contribution in [0.1, 0.15) is 17.8 Å². The first-order chi connectivity index (χ1) is 16.1. The molecule has 0 fully saturated rings. The fourth-order valence-corrected chi connectivity index (χ4v) is 4.07. The minimum Gasteiger partial charge on any atom is -0.357 e. The number of hydrogen-bond donors (Lipinski definition) is 2. The third-order valence-electron chi connectivity index (χ3n) is 5.57. The number of aromatic amines is 1. The van der Waals surface area contributed by atoms with Crippen molar-refractivity contribution in [2.24, 2.45) is 0 Å². The van der Waals surface area contributed by atoms with Crippen LogP contribution < -0.4 is 10.2 Å². The van der Waals surface area contributed by atoms with E-state index in [1.54, 1.807) is 0 Å². The van der Waals surface area contributed by atoms with Gasteiger partial charge in [0.05, 0.1) is 22.5 Å². The Balaban J connectivity index is 1.36. The molecule has 0 bridgehead atoms. The van der Waals surface area contributed by atoms with Gasteiger partial charge in [-0.1, -0.05) is 41.9 Å². The van der Waals surface area contributed by atoms with E-state index in [2.05, 4.69) is 31.3 Å². The molecule has 2 N–H and O–H groups in total. The molecule has 9 nitrogen and oxygen atoms in total. The number of rotatable bonds is 6. The summed E-state index contributed by atoms with van der Waals surface area (Å²) < 4.78 is 0. The van der Waals surface area contributed by atoms with Crippen molar-refractivity contribution in [2.75, 3.05) is 23.3 Å². The molecule has 2 aromatic heterocycles. The minimum absolute atomic E-state index is 0.142. The monoisotopic (exact) mass is 461 g/mol. The summed E-state index contributed by atoms with van der Waals surface area (Å²) >= 11 is 5.98. The Kier molecular flexibility index (Phi) is 5.62. The highest BCUT2D eigenvalue weighted by molar-refractivity contribution is 6.30. The van der Waals surface area contributed by atoms with Crippen LogP contribution in [0, 0.1) is 10.1 Å². The zero-order valence-electron chi connectivity index (χ0n) is 17.5. The van der Waals surface area contributed by atoms with Gasteiger partial charge in [0.25, 0.3) is 0 Å². The van der Waals surface area contributed by atoms with Gasteiger partial charge in [0, 0.05) is 18.1 Å². The average molecular weight is 462 g/mol. The van der Waals surface area contributed by atoms with Gasteiger partial charge in [0.15, 0.2) is 0 Å². The van der Waals surface area contributed by atoms with Gasteiger partial charge in [-0.3, -0.25) is 10.1 Å². The summed E-state index contributed by atoms with van der Waals surface area (Å²) in [6.45, 7) is 1.39. The number of para-hydroxylation sites is 2. The van der Waals surface area contributed by atoms with E-state index in [4.69, 9.17) is 11.6 Å². The Bertz CT molecular complexity index is 1320. The first-order valence-electron chi connectivity index (χ1n) is 10.5. The van der Waals surface area contributed by atoms with Crippen LogP contribution in [0.4, 0.5) is 17.3 Å². The molecule has 0 atom stereocenters. The number of nitro groups is 1. The first-order valence-corrected chi connectivity index (χ1v) is 10.8. The van der Waals surface area contributed by atoms with Gasteiger partial charge in [0.2, 0.25) is 11.6 Å². The van der Waals surface area contributed by atoms with Gasteiger partial charge in [-0.2, -0.15) is 0 Å². The molecule has 33 heavy (non-hydrogen) atoms. The van der Waals surface area contributed by atoms with Crippen LogP contribution in [0.3, 0.4) is 0 Å². The Labute approximate surface area is 194 Å². The second-order valence-corrected chi connectivity index (χ2v) is 8.07. The number of nitrogens with zero attached hydrogens (tertiary/aromatic N) is 5. The van der Waals surface area contributed by atoms with Crippen molar-refractivity contribution >= 4 is 45.5 Å². The van der Waals surface area contributed by atoms with E-state index in [1.165, 1.54) is 11.9 Å². The third kappa shape index (κ3) is 4.35. The van der Waals surface area contributed by atoms with E-state index in [0.29, 0.717) is 29.8 Å². The van der Waals surface area contributed by atoms with Crippen LogP contribution in [-0.4, -0.2) is 37.9 Å². The van der Waals surface area contributed by atoms with Crippen molar-refractivity contribution in [3.05, 3.63) is 87.5 Å². The van der Waals surface area contributed by atoms with Gasteiger partial charge in [-0.05, 0) is 41.8 Å². The lowest BCUT2D eigenvalue weighted by molar-refractivity contribution is -0.383. The van der Waals surface area contributed by atoms with E-state index in [0.717, 1.165) is 23.0 Å². The highest BCUT2D eigenvalue weighted by Gasteiger charge is 2.28. The van der Waals surface area contributed by atoms with E-state index >= 15 is 0 Å². The maximum Gasteiger partial charge on any atom is 0.353 e. The number of fused-ring (bicyclic) bond motifs is 1. The molecule has 166 valence electrons. The van der Waals surface area contributed by atoms with Crippen LogP contribution in [0.15, 0.2) is 60.9 Å². The SMILES string of the molecule is O=[N+]([O-])c1c(NCc2nc3ccccc3[nH]2)ncnc1N1CC=C(c2ccc(Cl)cc2)CC1. The molecule has 0 saturated heterocycles. The van der Waals surface area contributed by atoms with Crippen molar-refractivity contribution in [3.63, 3.8) is 0 Å². The molecule has 3 heterocycles. The van der Waals surface area contributed by atoms with E-state index < -0.39 is 4.92 Å². The van der Waals surface area contributed by atoms with Crippen LogP contribution in [0.2, 0.25) is 5.02 Å². The molecule has 0 aliphatic carbocycles. The van der Waals surface area contributed by atoms with Crippen molar-refractivity contribution in [2.45, 2.75) is 13.0 Å². The predicted octanol–water partition coefficient (Wildman–Crippen LogP) is 4.82. The second kappa shape index (κ2) is 8.87. The molecule has 4 aromatic rings. The highest BCUT2D eigenvalue weighted by Crippen LogP contribution is 2.34. The fraction of sp³-hybridized carbons (Fsp3) is 0.174. The molecule has 2 aromatic carbocycles. The largest absolute Gasteiger partial charge is 0.357 e. The Hall–Kier alpha value is -3.98. The Morgan fingerprint density at radius 3 is 2.70 bits per heavy atom. The van der Waals surface area contributed by atoms with Gasteiger partial charge in [0.1, 0.15) is 12.2 Å². The lowest BCUT2D eigenvalue weighted by Gasteiger charge is -2.27. The van der Waals surface area contributed by atoms with E-state index in [1.807, 2.05) is 53.4 Å². The van der Waals surface area contributed by atoms with Gasteiger partial charge in [-0.15, -0.1) is 0 Å². The molecule has 0 spiro atoms. The lowest BCUT2D eigenvalue weighted by Crippen LogP contribution is -2.30. The molecule has 5 rings (SSSR count). The van der Waals surface area contributed by atoms with Crippen LogP contribution in [0.5, 0.6) is 0 Å². The average Bonchev–Trinajstić information content (AvgIpc) is 3.26.